The molecule has 7 nitrogen and oxygen atoms in total. The molecule has 1 fully saturated rings. The second kappa shape index (κ2) is 11.4. The Bertz CT molecular complexity index is 744. The lowest BCUT2D eigenvalue weighted by molar-refractivity contribution is -0.159. The molecule has 190 valence electrons. The summed E-state index contributed by atoms with van der Waals surface area (Å²) >= 11 is 0. The Hall–Kier alpha value is -2.10. The number of carbonyl (C=O) groups is 3. The molecule has 10 heteroatoms. The van der Waals surface area contributed by atoms with Gasteiger partial charge in [-0.3, -0.25) is 14.5 Å². The van der Waals surface area contributed by atoms with E-state index in [-0.39, 0.29) is 24.5 Å². The highest BCUT2D eigenvalue weighted by atomic mass is 19.4. The van der Waals surface area contributed by atoms with Crippen molar-refractivity contribution in [2.45, 2.75) is 85.1 Å². The number of likely N-dealkylation sites (tertiary alicyclic amines) is 1. The average Bonchev–Trinajstić information content (AvgIpc) is 2.66. The number of hydrogen-bond donors (Lipinski definition) is 2. The quantitative estimate of drug-likeness (QED) is 0.523. The molecule has 0 radical (unpaired) electrons. The van der Waals surface area contributed by atoms with Gasteiger partial charge in [0.05, 0.1) is 18.6 Å². The van der Waals surface area contributed by atoms with Crippen LogP contribution in [0.25, 0.3) is 0 Å². The van der Waals surface area contributed by atoms with Gasteiger partial charge in [-0.25, -0.2) is 4.79 Å². The fourth-order valence-electron chi connectivity index (χ4n) is 4.02. The van der Waals surface area contributed by atoms with Crippen molar-refractivity contribution in [3.63, 3.8) is 0 Å². The molecule has 33 heavy (non-hydrogen) atoms. The number of nitrogens with one attached hydrogen (secondary N) is 1. The maximum atomic E-state index is 13.5. The molecule has 0 unspecified atom stereocenters. The van der Waals surface area contributed by atoms with Gasteiger partial charge >= 0.3 is 12.1 Å². The number of likely N-dealkylation sites (N-methyl/N-ethyl adjacent to an activating group) is 1. The molecule has 0 spiro atoms. The fraction of sp³-hybridized carbons (Fsp3) is 0.783. The van der Waals surface area contributed by atoms with Gasteiger partial charge in [0, 0.05) is 12.6 Å². The van der Waals surface area contributed by atoms with Crippen molar-refractivity contribution in [1.29, 1.82) is 0 Å². The third-order valence-corrected chi connectivity index (χ3v) is 5.93. The summed E-state index contributed by atoms with van der Waals surface area (Å²) in [4.78, 5) is 40.3. The van der Waals surface area contributed by atoms with E-state index < -0.39 is 54.0 Å². The number of carboxylic acids is 1. The van der Waals surface area contributed by atoms with Crippen molar-refractivity contribution in [3.05, 3.63) is 11.6 Å². The Morgan fingerprint density at radius 1 is 1.18 bits per heavy atom. The van der Waals surface area contributed by atoms with E-state index in [2.05, 4.69) is 5.32 Å². The van der Waals surface area contributed by atoms with Crippen molar-refractivity contribution >= 4 is 17.8 Å². The van der Waals surface area contributed by atoms with Crippen LogP contribution in [0.5, 0.6) is 0 Å². The predicted molar refractivity (Wildman–Crippen MR) is 119 cm³/mol. The first-order valence-corrected chi connectivity index (χ1v) is 11.2. The number of piperidine rings is 1. The van der Waals surface area contributed by atoms with Crippen LogP contribution < -0.4 is 5.32 Å². The lowest BCUT2D eigenvalue weighted by Crippen LogP contribution is -2.60. The molecule has 1 aliphatic rings. The molecule has 0 aromatic carbocycles. The van der Waals surface area contributed by atoms with Gasteiger partial charge in [0.15, 0.2) is 0 Å². The van der Waals surface area contributed by atoms with Gasteiger partial charge in [0.2, 0.25) is 11.8 Å². The molecule has 1 saturated heterocycles. The van der Waals surface area contributed by atoms with Crippen molar-refractivity contribution in [3.8, 4) is 0 Å². The van der Waals surface area contributed by atoms with Gasteiger partial charge in [-0.15, -0.1) is 0 Å². The molecule has 0 aliphatic carbocycles. The molecule has 0 bridgehead atoms. The van der Waals surface area contributed by atoms with E-state index in [4.69, 9.17) is 0 Å². The summed E-state index contributed by atoms with van der Waals surface area (Å²) in [6.07, 6.45) is -1.42. The Labute approximate surface area is 194 Å². The van der Waals surface area contributed by atoms with E-state index in [9.17, 15) is 32.7 Å². The average molecular weight is 478 g/mol. The zero-order chi connectivity index (χ0) is 25.7. The fourth-order valence-corrected chi connectivity index (χ4v) is 4.02. The third-order valence-electron chi connectivity index (χ3n) is 5.93. The van der Waals surface area contributed by atoms with Crippen molar-refractivity contribution in [1.82, 2.24) is 15.1 Å². The summed E-state index contributed by atoms with van der Waals surface area (Å²) < 4.78 is 39.0. The van der Waals surface area contributed by atoms with Crippen LogP contribution in [0.15, 0.2) is 11.6 Å². The first-order chi connectivity index (χ1) is 15.0. The van der Waals surface area contributed by atoms with Gasteiger partial charge in [-0.2, -0.15) is 13.2 Å². The number of rotatable bonds is 8. The number of nitrogens with zero attached hydrogens (tertiary/aromatic N) is 2. The van der Waals surface area contributed by atoms with Crippen molar-refractivity contribution in [2.75, 3.05) is 20.1 Å². The van der Waals surface area contributed by atoms with Crippen LogP contribution >= 0.6 is 0 Å². The summed E-state index contributed by atoms with van der Waals surface area (Å²) in [6, 6.07) is -2.49. The summed E-state index contributed by atoms with van der Waals surface area (Å²) in [5.74, 6) is -2.23. The lowest BCUT2D eigenvalue weighted by Gasteiger charge is -2.40. The minimum absolute atomic E-state index is 0.0923. The van der Waals surface area contributed by atoms with Crippen LogP contribution in [0.1, 0.15) is 60.8 Å². The molecule has 0 aromatic rings. The van der Waals surface area contributed by atoms with E-state index in [0.29, 0.717) is 12.8 Å². The first-order valence-electron chi connectivity index (χ1n) is 11.2. The summed E-state index contributed by atoms with van der Waals surface area (Å²) in [5, 5.41) is 11.9. The molecular formula is C23H38F3N3O4. The predicted octanol–water partition coefficient (Wildman–Crippen LogP) is 3.45. The van der Waals surface area contributed by atoms with Crippen molar-refractivity contribution < 1.29 is 32.7 Å². The number of aliphatic carboxylic acids is 1. The molecular weight excluding hydrogens is 439 g/mol. The largest absolute Gasteiger partial charge is 0.478 e. The molecule has 0 aromatic heterocycles. The molecule has 1 heterocycles. The highest BCUT2D eigenvalue weighted by molar-refractivity contribution is 5.91. The van der Waals surface area contributed by atoms with E-state index in [1.54, 1.807) is 27.8 Å². The smallest absolute Gasteiger partial charge is 0.401 e. The van der Waals surface area contributed by atoms with Crippen LogP contribution in [0, 0.1) is 11.3 Å². The number of carboxylic acid groups (broad SMARTS) is 1. The van der Waals surface area contributed by atoms with Crippen molar-refractivity contribution in [2.24, 2.45) is 11.3 Å². The van der Waals surface area contributed by atoms with Crippen LogP contribution in [0.2, 0.25) is 0 Å². The number of halogens is 3. The third kappa shape index (κ3) is 8.64. The summed E-state index contributed by atoms with van der Waals surface area (Å²) in [5.41, 5.74) is -0.632. The van der Waals surface area contributed by atoms with E-state index in [0.717, 1.165) is 4.90 Å². The Balaban J connectivity index is 3.16. The SMILES string of the molecule is CC(=C[C@H](C(C)C)N(C)C(=O)[C@@H](NC(=O)[C@H]1CCCCN1CC(F)(F)F)C(C)(C)C)C(=O)O. The molecule has 2 amide bonds. The topological polar surface area (TPSA) is 90.0 Å². The number of hydrogen-bond acceptors (Lipinski definition) is 4. The number of amides is 2. The Kier molecular flexibility index (Phi) is 9.95. The molecule has 0 saturated carbocycles. The maximum absolute atomic E-state index is 13.5. The highest BCUT2D eigenvalue weighted by Gasteiger charge is 2.41. The van der Waals surface area contributed by atoms with E-state index in [1.165, 1.54) is 17.9 Å². The van der Waals surface area contributed by atoms with Gasteiger partial charge in [-0.05, 0) is 37.6 Å². The molecule has 2 N–H and O–H groups in total. The van der Waals surface area contributed by atoms with Crippen LogP contribution in [0.3, 0.4) is 0 Å². The van der Waals surface area contributed by atoms with E-state index >= 15 is 0 Å². The minimum atomic E-state index is -4.42. The van der Waals surface area contributed by atoms with E-state index in [1.807, 2.05) is 13.8 Å². The van der Waals surface area contributed by atoms with Crippen LogP contribution in [-0.2, 0) is 14.4 Å². The second-order valence-corrected chi connectivity index (χ2v) is 10.2. The second-order valence-electron chi connectivity index (χ2n) is 10.2. The maximum Gasteiger partial charge on any atom is 0.401 e. The molecule has 3 atom stereocenters. The van der Waals surface area contributed by atoms with Gasteiger partial charge in [0.1, 0.15) is 6.04 Å². The van der Waals surface area contributed by atoms with Crippen LogP contribution in [-0.4, -0.2) is 77.1 Å². The first kappa shape index (κ1) is 28.9. The highest BCUT2D eigenvalue weighted by Crippen LogP contribution is 2.27. The summed E-state index contributed by atoms with van der Waals surface area (Å²) in [7, 11) is 1.54. The lowest BCUT2D eigenvalue weighted by atomic mass is 9.84. The zero-order valence-electron chi connectivity index (χ0n) is 20.6. The number of carbonyl (C=O) groups excluding carboxylic acids is 2. The standard InChI is InChI=1S/C23H38F3N3O4/c1-14(2)17(12-15(3)21(32)33)28(7)20(31)18(22(4,5)6)27-19(30)16-10-8-9-11-29(16)13-23(24,25)26/h12,14,16-18H,8-11,13H2,1-7H3,(H,27,30)(H,32,33)/t16-,17-,18-/m1/s1. The Morgan fingerprint density at radius 2 is 1.76 bits per heavy atom. The zero-order valence-corrected chi connectivity index (χ0v) is 20.6. The monoisotopic (exact) mass is 477 g/mol. The minimum Gasteiger partial charge on any atom is -0.478 e. The normalized spacial score (nSPS) is 20.3. The van der Waals surface area contributed by atoms with Gasteiger partial charge in [0.25, 0.3) is 0 Å². The molecule has 1 aliphatic heterocycles. The summed E-state index contributed by atoms with van der Waals surface area (Å²) in [6.45, 7) is 9.43. The van der Waals surface area contributed by atoms with Gasteiger partial charge < -0.3 is 15.3 Å². The number of alkyl halides is 3. The van der Waals surface area contributed by atoms with Crippen LogP contribution in [0.4, 0.5) is 13.2 Å². The van der Waals surface area contributed by atoms with Gasteiger partial charge in [-0.1, -0.05) is 47.1 Å². The molecule has 1 rings (SSSR count). The Morgan fingerprint density at radius 3 is 2.21 bits per heavy atom.